The van der Waals surface area contributed by atoms with E-state index in [4.69, 9.17) is 9.88 Å². The fourth-order valence-electron chi connectivity index (χ4n) is 2.16. The summed E-state index contributed by atoms with van der Waals surface area (Å²) in [5.74, 6) is -0.875. The number of benzene rings is 2. The summed E-state index contributed by atoms with van der Waals surface area (Å²) < 4.78 is 27.8. The fourth-order valence-corrected chi connectivity index (χ4v) is 2.68. The van der Waals surface area contributed by atoms with Crippen LogP contribution in [-0.2, 0) is 19.6 Å². The van der Waals surface area contributed by atoms with Crippen LogP contribution in [-0.4, -0.2) is 26.3 Å². The van der Waals surface area contributed by atoms with Crippen LogP contribution in [0, 0.1) is 0 Å². The summed E-state index contributed by atoms with van der Waals surface area (Å²) in [6.45, 7) is 0. The van der Waals surface area contributed by atoms with Crippen molar-refractivity contribution in [3.8, 4) is 5.75 Å². The maximum absolute atomic E-state index is 12.2. The Morgan fingerprint density at radius 3 is 2.46 bits per heavy atom. The Balaban J connectivity index is 1.75. The third kappa shape index (κ3) is 3.21. The van der Waals surface area contributed by atoms with Crippen molar-refractivity contribution >= 4 is 33.2 Å². The van der Waals surface area contributed by atoms with Gasteiger partial charge in [0, 0.05) is 5.69 Å². The van der Waals surface area contributed by atoms with Gasteiger partial charge in [-0.15, -0.1) is 0 Å². The highest BCUT2D eigenvalue weighted by atomic mass is 32.2. The zero-order valence-electron chi connectivity index (χ0n) is 12.2. The summed E-state index contributed by atoms with van der Waals surface area (Å²) in [5, 5.41) is 10.1. The molecule has 4 N–H and O–H groups in total. The van der Waals surface area contributed by atoms with Crippen LogP contribution in [0.25, 0.3) is 0 Å². The Morgan fingerprint density at radius 2 is 1.79 bits per heavy atom. The minimum atomic E-state index is -3.81. The van der Waals surface area contributed by atoms with Gasteiger partial charge in [-0.05, 0) is 36.4 Å². The predicted molar refractivity (Wildman–Crippen MR) is 85.9 cm³/mol. The highest BCUT2D eigenvalue weighted by Gasteiger charge is 2.33. The fraction of sp³-hybridized carbons (Fsp3) is 0.0667. The number of amides is 2. The molecule has 3 rings (SSSR count). The van der Waals surface area contributed by atoms with Gasteiger partial charge in [-0.25, -0.2) is 13.6 Å². The Kier molecular flexibility index (Phi) is 3.96. The van der Waals surface area contributed by atoms with Crippen LogP contribution in [0.2, 0.25) is 0 Å². The van der Waals surface area contributed by atoms with E-state index in [9.17, 15) is 18.0 Å². The lowest BCUT2D eigenvalue weighted by Crippen LogP contribution is -2.45. The highest BCUT2D eigenvalue weighted by Crippen LogP contribution is 2.29. The Labute approximate surface area is 137 Å². The van der Waals surface area contributed by atoms with E-state index in [-0.39, 0.29) is 4.90 Å². The first-order chi connectivity index (χ1) is 11.3. The quantitative estimate of drug-likeness (QED) is 0.703. The molecule has 2 aromatic rings. The van der Waals surface area contributed by atoms with E-state index in [1.54, 1.807) is 24.3 Å². The maximum Gasteiger partial charge on any atom is 0.275 e. The van der Waals surface area contributed by atoms with Gasteiger partial charge in [0.25, 0.3) is 17.9 Å². The van der Waals surface area contributed by atoms with Gasteiger partial charge in [0.1, 0.15) is 5.75 Å². The molecule has 9 heteroatoms. The first kappa shape index (κ1) is 16.0. The van der Waals surface area contributed by atoms with Crippen LogP contribution in [0.1, 0.15) is 0 Å². The van der Waals surface area contributed by atoms with Crippen molar-refractivity contribution in [2.45, 2.75) is 11.0 Å². The second-order valence-electron chi connectivity index (χ2n) is 5.04. The molecule has 1 unspecified atom stereocenters. The molecule has 0 aromatic heterocycles. The highest BCUT2D eigenvalue weighted by molar-refractivity contribution is 7.89. The normalized spacial score (nSPS) is 16.5. The van der Waals surface area contributed by atoms with Gasteiger partial charge in [0.15, 0.2) is 0 Å². The van der Waals surface area contributed by atoms with E-state index in [0.717, 1.165) is 0 Å². The Bertz CT molecular complexity index is 909. The Morgan fingerprint density at radius 1 is 1.12 bits per heavy atom. The predicted octanol–water partition coefficient (Wildman–Crippen LogP) is 0.672. The minimum Gasteiger partial charge on any atom is -0.468 e. The Hall–Kier alpha value is -2.91. The smallest absolute Gasteiger partial charge is 0.275 e. The molecular formula is C15H13N3O5S. The number of fused-ring (bicyclic) bond motifs is 1. The van der Waals surface area contributed by atoms with Gasteiger partial charge in [-0.2, -0.15) is 0 Å². The number of carbonyl (C=O) groups is 2. The molecule has 8 nitrogen and oxygen atoms in total. The lowest BCUT2D eigenvalue weighted by Gasteiger charge is -2.24. The van der Waals surface area contributed by atoms with Gasteiger partial charge in [-0.3, -0.25) is 9.59 Å². The van der Waals surface area contributed by atoms with Gasteiger partial charge in [0.2, 0.25) is 10.0 Å². The van der Waals surface area contributed by atoms with Crippen LogP contribution in [0.4, 0.5) is 11.4 Å². The van der Waals surface area contributed by atoms with Crippen molar-refractivity contribution in [2.75, 3.05) is 10.6 Å². The molecule has 1 heterocycles. The van der Waals surface area contributed by atoms with Gasteiger partial charge in [0.05, 0.1) is 10.6 Å². The molecule has 2 aromatic carbocycles. The molecule has 1 aliphatic heterocycles. The molecule has 1 atom stereocenters. The first-order valence-corrected chi connectivity index (χ1v) is 8.39. The summed E-state index contributed by atoms with van der Waals surface area (Å²) in [5.41, 5.74) is 0.798. The minimum absolute atomic E-state index is 0.0823. The SMILES string of the molecule is NS(=O)(=O)c1ccc(NC(=O)C2Oc3ccccc3NC2=O)cc1. The first-order valence-electron chi connectivity index (χ1n) is 6.85. The van der Waals surface area contributed by atoms with E-state index in [0.29, 0.717) is 17.1 Å². The van der Waals surface area contributed by atoms with Crippen molar-refractivity contribution in [2.24, 2.45) is 5.14 Å². The molecule has 0 radical (unpaired) electrons. The number of primary sulfonamides is 1. The zero-order valence-corrected chi connectivity index (χ0v) is 13.0. The molecule has 0 saturated carbocycles. The summed E-state index contributed by atoms with van der Waals surface area (Å²) in [6, 6.07) is 12.0. The summed E-state index contributed by atoms with van der Waals surface area (Å²) in [6.07, 6.45) is -1.35. The zero-order chi connectivity index (χ0) is 17.3. The topological polar surface area (TPSA) is 128 Å². The second-order valence-corrected chi connectivity index (χ2v) is 6.60. The van der Waals surface area contributed by atoms with E-state index < -0.39 is 27.9 Å². The average molecular weight is 347 g/mol. The van der Waals surface area contributed by atoms with Crippen LogP contribution >= 0.6 is 0 Å². The monoisotopic (exact) mass is 347 g/mol. The molecule has 124 valence electrons. The molecule has 1 aliphatic rings. The molecular weight excluding hydrogens is 334 g/mol. The third-order valence-corrected chi connectivity index (χ3v) is 4.25. The second kappa shape index (κ2) is 5.95. The molecule has 0 spiro atoms. The van der Waals surface area contributed by atoms with E-state index in [1.807, 2.05) is 0 Å². The number of anilines is 2. The van der Waals surface area contributed by atoms with Crippen molar-refractivity contribution in [3.05, 3.63) is 48.5 Å². The lowest BCUT2D eigenvalue weighted by molar-refractivity contribution is -0.133. The van der Waals surface area contributed by atoms with Gasteiger partial charge < -0.3 is 15.4 Å². The number of sulfonamides is 1. The molecule has 24 heavy (non-hydrogen) atoms. The van der Waals surface area contributed by atoms with Crippen LogP contribution < -0.4 is 20.5 Å². The van der Waals surface area contributed by atoms with Gasteiger partial charge >= 0.3 is 0 Å². The number of carbonyl (C=O) groups excluding carboxylic acids is 2. The molecule has 0 saturated heterocycles. The van der Waals surface area contributed by atoms with E-state index >= 15 is 0 Å². The van der Waals surface area contributed by atoms with Crippen LogP contribution in [0.5, 0.6) is 5.75 Å². The molecule has 0 fully saturated rings. The third-order valence-electron chi connectivity index (χ3n) is 3.32. The summed E-state index contributed by atoms with van der Waals surface area (Å²) in [4.78, 5) is 24.1. The number of para-hydroxylation sites is 2. The van der Waals surface area contributed by atoms with Gasteiger partial charge in [-0.1, -0.05) is 12.1 Å². The number of hydrogen-bond acceptors (Lipinski definition) is 5. The number of rotatable bonds is 3. The number of hydrogen-bond donors (Lipinski definition) is 3. The summed E-state index contributed by atoms with van der Waals surface area (Å²) >= 11 is 0. The van der Waals surface area contributed by atoms with Crippen molar-refractivity contribution in [1.29, 1.82) is 0 Å². The standard InChI is InChI=1S/C15H13N3O5S/c16-24(21,22)10-7-5-9(6-8-10)17-14(19)13-15(20)18-11-3-1-2-4-12(11)23-13/h1-8,13H,(H,17,19)(H,18,20)(H2,16,21,22). The van der Waals surface area contributed by atoms with Crippen LogP contribution in [0.3, 0.4) is 0 Å². The average Bonchev–Trinajstić information content (AvgIpc) is 2.53. The van der Waals surface area contributed by atoms with Crippen molar-refractivity contribution in [3.63, 3.8) is 0 Å². The number of nitrogens with two attached hydrogens (primary N) is 1. The number of ether oxygens (including phenoxy) is 1. The molecule has 0 aliphatic carbocycles. The summed E-state index contributed by atoms with van der Waals surface area (Å²) in [7, 11) is -3.81. The van der Waals surface area contributed by atoms with E-state index in [1.165, 1.54) is 24.3 Å². The molecule has 0 bridgehead atoms. The van der Waals surface area contributed by atoms with Crippen molar-refractivity contribution in [1.82, 2.24) is 0 Å². The maximum atomic E-state index is 12.2. The molecule has 2 amide bonds. The lowest BCUT2D eigenvalue weighted by atomic mass is 10.2. The van der Waals surface area contributed by atoms with Crippen LogP contribution in [0.15, 0.2) is 53.4 Å². The largest absolute Gasteiger partial charge is 0.468 e. The van der Waals surface area contributed by atoms with E-state index in [2.05, 4.69) is 10.6 Å². The van der Waals surface area contributed by atoms with Crippen molar-refractivity contribution < 1.29 is 22.7 Å². The number of nitrogens with one attached hydrogen (secondary N) is 2.